The van der Waals surface area contributed by atoms with E-state index in [0.717, 1.165) is 0 Å². The monoisotopic (exact) mass is 867 g/mol. The van der Waals surface area contributed by atoms with Gasteiger partial charge in [0.1, 0.15) is 30.2 Å². The fourth-order valence-corrected chi connectivity index (χ4v) is 5.40. The molecule has 328 valence electrons. The molecule has 0 aliphatic heterocycles. The van der Waals surface area contributed by atoms with Crippen LogP contribution in [0, 0.1) is 0 Å². The van der Waals surface area contributed by atoms with Gasteiger partial charge in [0, 0.05) is 18.6 Å². The first-order valence-electron chi connectivity index (χ1n) is 17.7. The summed E-state index contributed by atoms with van der Waals surface area (Å²) in [4.78, 5) is 135. The van der Waals surface area contributed by atoms with Gasteiger partial charge in [0.25, 0.3) is 0 Å². The van der Waals surface area contributed by atoms with Gasteiger partial charge in [-0.15, -0.1) is 0 Å². The Labute approximate surface area is 342 Å². The molecule has 0 aromatic heterocycles. The highest BCUT2D eigenvalue weighted by atomic mass is 32.2. The molecule has 0 spiro atoms. The molecule has 15 N–H and O–H groups in total. The van der Waals surface area contributed by atoms with E-state index in [2.05, 4.69) is 49.8 Å². The Kier molecular flexibility index (Phi) is 26.5. The van der Waals surface area contributed by atoms with Crippen LogP contribution in [-0.4, -0.2) is 159 Å². The summed E-state index contributed by atoms with van der Waals surface area (Å²) in [6.07, 6.45) is -0.103. The third-order valence-electron chi connectivity index (χ3n) is 7.80. The molecule has 0 aromatic rings. The molecule has 0 heterocycles. The van der Waals surface area contributed by atoms with E-state index in [1.54, 1.807) is 6.26 Å². The van der Waals surface area contributed by atoms with Crippen molar-refractivity contribution in [1.29, 1.82) is 0 Å². The fraction of sp³-hybridized carbons (Fsp3) is 0.656. The topological polar surface area (TPSA) is 405 Å². The summed E-state index contributed by atoms with van der Waals surface area (Å²) in [5, 5.41) is 52.4. The molecule has 24 nitrogen and oxygen atoms in total. The van der Waals surface area contributed by atoms with E-state index >= 15 is 0 Å². The van der Waals surface area contributed by atoms with Crippen LogP contribution in [0.15, 0.2) is 0 Å². The standard InChI is InChI=1S/C32H53N9O15S2/c1-58-11-9-18(37-22(42)13-35-27(50)16(34)5-7-24(44)45)30(53)41-20(12-26(48)49)28(51)36-14-23(43)38-21(15-57)31(54)39-17(6-8-25(46)47)29(52)40-19(32(55)56)4-2-3-10-33/h16-21,57H,2-15,33-34H2,1H3,(H,35,50)(H,36,51)(H,37,42)(H,38,43)(H,39,54)(H,40,52)(H,41,53)(H,44,45)(H,46,47)(H,48,49)(H,55,56)/t16-,17-,18-,19-,20-,21-/m0/s1. The Morgan fingerprint density at radius 1 is 0.569 bits per heavy atom. The van der Waals surface area contributed by atoms with Gasteiger partial charge in [-0.25, -0.2) is 4.79 Å². The summed E-state index contributed by atoms with van der Waals surface area (Å²) >= 11 is 5.30. The second-order valence-corrected chi connectivity index (χ2v) is 13.9. The first-order valence-corrected chi connectivity index (χ1v) is 19.8. The normalized spacial score (nSPS) is 13.8. The second kappa shape index (κ2) is 29.1. The van der Waals surface area contributed by atoms with Crippen molar-refractivity contribution in [3.8, 4) is 0 Å². The number of thioether (sulfide) groups is 1. The lowest BCUT2D eigenvalue weighted by Crippen LogP contribution is -2.58. The van der Waals surface area contributed by atoms with Crippen LogP contribution in [0.25, 0.3) is 0 Å². The van der Waals surface area contributed by atoms with Crippen LogP contribution < -0.4 is 48.7 Å². The van der Waals surface area contributed by atoms with Gasteiger partial charge in [0.05, 0.1) is 25.6 Å². The number of carbonyl (C=O) groups is 11. The molecule has 0 bridgehead atoms. The minimum atomic E-state index is -1.78. The van der Waals surface area contributed by atoms with Gasteiger partial charge in [-0.3, -0.25) is 47.9 Å². The summed E-state index contributed by atoms with van der Waals surface area (Å²) in [7, 11) is 0. The molecular formula is C32H53N9O15S2. The first kappa shape index (κ1) is 52.8. The Bertz CT molecular complexity index is 1470. The van der Waals surface area contributed by atoms with Crippen molar-refractivity contribution in [1.82, 2.24) is 37.2 Å². The Morgan fingerprint density at radius 2 is 1.05 bits per heavy atom. The van der Waals surface area contributed by atoms with Gasteiger partial charge in [-0.2, -0.15) is 24.4 Å². The number of thiol groups is 1. The lowest BCUT2D eigenvalue weighted by atomic mass is 10.1. The van der Waals surface area contributed by atoms with Crippen molar-refractivity contribution in [2.75, 3.05) is 37.4 Å². The minimum absolute atomic E-state index is 0.00182. The molecule has 0 saturated carbocycles. The summed E-state index contributed by atoms with van der Waals surface area (Å²) in [6.45, 7) is -1.24. The zero-order chi connectivity index (χ0) is 44.4. The number of nitrogens with one attached hydrogen (secondary N) is 7. The third-order valence-corrected chi connectivity index (χ3v) is 8.81. The maximum atomic E-state index is 13.1. The molecule has 0 aliphatic carbocycles. The van der Waals surface area contributed by atoms with Crippen molar-refractivity contribution in [2.24, 2.45) is 11.5 Å². The van der Waals surface area contributed by atoms with E-state index in [1.165, 1.54) is 11.8 Å². The SMILES string of the molecule is CSCC[C@H](NC(=O)CNC(=O)[C@@H](N)CCC(=O)O)C(=O)N[C@@H](CC(=O)O)C(=O)NCC(=O)N[C@@H](CS)C(=O)N[C@@H](CCC(=O)O)C(=O)N[C@@H](CCCCN)C(=O)O. The maximum Gasteiger partial charge on any atom is 0.326 e. The predicted octanol–water partition coefficient (Wildman–Crippen LogP) is -4.93. The lowest BCUT2D eigenvalue weighted by Gasteiger charge is -2.24. The van der Waals surface area contributed by atoms with Crippen molar-refractivity contribution in [2.45, 2.75) is 94.0 Å². The van der Waals surface area contributed by atoms with E-state index in [9.17, 15) is 63.0 Å². The number of carboxylic acid groups (broad SMARTS) is 4. The van der Waals surface area contributed by atoms with Gasteiger partial charge in [0.2, 0.25) is 41.4 Å². The smallest absolute Gasteiger partial charge is 0.326 e. The van der Waals surface area contributed by atoms with Gasteiger partial charge < -0.3 is 69.1 Å². The van der Waals surface area contributed by atoms with Gasteiger partial charge in [0.15, 0.2) is 0 Å². The molecule has 0 rings (SSSR count). The predicted molar refractivity (Wildman–Crippen MR) is 207 cm³/mol. The molecule has 26 heteroatoms. The summed E-state index contributed by atoms with van der Waals surface area (Å²) in [6, 6.07) is -8.72. The maximum absolute atomic E-state index is 13.1. The number of aliphatic carboxylic acids is 4. The number of unbranched alkanes of at least 4 members (excludes halogenated alkanes) is 1. The highest BCUT2D eigenvalue weighted by Gasteiger charge is 2.31. The van der Waals surface area contributed by atoms with E-state index in [4.69, 9.17) is 21.7 Å². The molecule has 0 fully saturated rings. The largest absolute Gasteiger partial charge is 0.481 e. The van der Waals surface area contributed by atoms with E-state index in [-0.39, 0.29) is 31.6 Å². The van der Waals surface area contributed by atoms with E-state index in [1.807, 2.05) is 0 Å². The lowest BCUT2D eigenvalue weighted by molar-refractivity contribution is -0.143. The summed E-state index contributed by atoms with van der Waals surface area (Å²) < 4.78 is 0. The van der Waals surface area contributed by atoms with Crippen molar-refractivity contribution in [3.05, 3.63) is 0 Å². The van der Waals surface area contributed by atoms with E-state index < -0.39 is 140 Å². The summed E-state index contributed by atoms with van der Waals surface area (Å²) in [5.41, 5.74) is 11.0. The van der Waals surface area contributed by atoms with Gasteiger partial charge >= 0.3 is 23.9 Å². The molecule has 0 saturated heterocycles. The van der Waals surface area contributed by atoms with Crippen LogP contribution in [0.1, 0.15) is 57.8 Å². The number of rotatable bonds is 31. The van der Waals surface area contributed by atoms with E-state index in [0.29, 0.717) is 18.6 Å². The number of carbonyl (C=O) groups excluding carboxylic acids is 7. The fourth-order valence-electron chi connectivity index (χ4n) is 4.68. The van der Waals surface area contributed by atoms with Crippen molar-refractivity contribution >= 4 is 89.6 Å². The van der Waals surface area contributed by atoms with Crippen LogP contribution in [0.5, 0.6) is 0 Å². The molecule has 0 aromatic carbocycles. The molecule has 7 amide bonds. The van der Waals surface area contributed by atoms with Crippen LogP contribution in [-0.2, 0) is 52.7 Å². The first-order chi connectivity index (χ1) is 27.2. The molecule has 6 atom stereocenters. The molecule has 0 radical (unpaired) electrons. The van der Waals surface area contributed by atoms with Gasteiger partial charge in [-0.05, 0) is 57.1 Å². The van der Waals surface area contributed by atoms with Crippen LogP contribution in [0.2, 0.25) is 0 Å². The summed E-state index contributed by atoms with van der Waals surface area (Å²) in [5.74, 6) is -12.4. The Hall–Kier alpha value is -5.21. The van der Waals surface area contributed by atoms with Gasteiger partial charge in [-0.1, -0.05) is 0 Å². The molecular weight excluding hydrogens is 815 g/mol. The Balaban J connectivity index is 5.59. The van der Waals surface area contributed by atoms with Crippen molar-refractivity contribution in [3.63, 3.8) is 0 Å². The van der Waals surface area contributed by atoms with Crippen LogP contribution in [0.4, 0.5) is 0 Å². The highest BCUT2D eigenvalue weighted by molar-refractivity contribution is 7.98. The zero-order valence-corrected chi connectivity index (χ0v) is 33.4. The van der Waals surface area contributed by atoms with Crippen LogP contribution >= 0.6 is 24.4 Å². The van der Waals surface area contributed by atoms with Crippen molar-refractivity contribution < 1.29 is 73.2 Å². The average Bonchev–Trinajstić information content (AvgIpc) is 3.15. The minimum Gasteiger partial charge on any atom is -0.481 e. The number of carboxylic acids is 4. The molecule has 0 unspecified atom stereocenters. The number of hydrogen-bond acceptors (Lipinski definition) is 15. The Morgan fingerprint density at radius 3 is 1.55 bits per heavy atom. The molecule has 0 aliphatic rings. The molecule has 58 heavy (non-hydrogen) atoms. The second-order valence-electron chi connectivity index (χ2n) is 12.5. The van der Waals surface area contributed by atoms with Crippen LogP contribution in [0.3, 0.4) is 0 Å². The zero-order valence-electron chi connectivity index (χ0n) is 31.7. The number of nitrogens with two attached hydrogens (primary N) is 2. The quantitative estimate of drug-likeness (QED) is 0.0229. The highest BCUT2D eigenvalue weighted by Crippen LogP contribution is 2.06. The third kappa shape index (κ3) is 23.1. The average molecular weight is 868 g/mol. The number of hydrogen-bond donors (Lipinski definition) is 14. The number of amides is 7.